The van der Waals surface area contributed by atoms with E-state index < -0.39 is 18.3 Å². The van der Waals surface area contributed by atoms with E-state index in [2.05, 4.69) is 4.74 Å². The van der Waals surface area contributed by atoms with E-state index in [0.717, 1.165) is 0 Å². The second-order valence-corrected chi connectivity index (χ2v) is 4.06. The Bertz CT molecular complexity index is 183. The maximum absolute atomic E-state index is 11.7. The molecule has 0 radical (unpaired) electrons. The van der Waals surface area contributed by atoms with Gasteiger partial charge in [0.25, 0.3) is 0 Å². The summed E-state index contributed by atoms with van der Waals surface area (Å²) >= 11 is 0. The quantitative estimate of drug-likeness (QED) is 0.696. The van der Waals surface area contributed by atoms with Crippen LogP contribution in [0.3, 0.4) is 0 Å². The molecule has 0 bridgehead atoms. The normalized spacial score (nSPS) is 13.6. The Balaban J connectivity index is 3.69. The van der Waals surface area contributed by atoms with Gasteiger partial charge in [0.15, 0.2) is 0 Å². The van der Waals surface area contributed by atoms with Gasteiger partial charge in [0.1, 0.15) is 6.61 Å². The van der Waals surface area contributed by atoms with Crippen molar-refractivity contribution in [3.63, 3.8) is 0 Å². The van der Waals surface area contributed by atoms with Crippen molar-refractivity contribution in [2.45, 2.75) is 25.6 Å². The van der Waals surface area contributed by atoms with Crippen molar-refractivity contribution in [2.24, 2.45) is 0 Å². The Morgan fingerprint density at radius 1 is 1.27 bits per heavy atom. The van der Waals surface area contributed by atoms with Gasteiger partial charge in [-0.15, -0.1) is 0 Å². The van der Waals surface area contributed by atoms with Crippen LogP contribution in [0.5, 0.6) is 0 Å². The Hall–Kier alpha value is -0.330. The number of aliphatic hydroxyl groups excluding tert-OH is 1. The van der Waals surface area contributed by atoms with Crippen molar-refractivity contribution >= 4 is 0 Å². The summed E-state index contributed by atoms with van der Waals surface area (Å²) in [7, 11) is 1.73. The number of aliphatic hydroxyl groups is 1. The molecule has 0 atom stereocenters. The van der Waals surface area contributed by atoms with E-state index in [4.69, 9.17) is 5.11 Å². The highest BCUT2D eigenvalue weighted by Crippen LogP contribution is 2.15. The number of halogens is 3. The van der Waals surface area contributed by atoms with Crippen molar-refractivity contribution in [3.05, 3.63) is 0 Å². The molecule has 0 saturated carbocycles. The number of ether oxygens (including phenoxy) is 1. The molecule has 0 spiro atoms. The second kappa shape index (κ2) is 5.67. The van der Waals surface area contributed by atoms with Gasteiger partial charge in [0, 0.05) is 12.1 Å². The molecule has 0 heterocycles. The number of nitrogens with zero attached hydrogens (tertiary/aromatic N) is 1. The van der Waals surface area contributed by atoms with Gasteiger partial charge in [0.2, 0.25) is 0 Å². The third-order valence-electron chi connectivity index (χ3n) is 2.26. The van der Waals surface area contributed by atoms with E-state index in [1.165, 1.54) is 0 Å². The molecule has 0 unspecified atom stereocenters. The fourth-order valence-electron chi connectivity index (χ4n) is 0.813. The molecule has 0 aromatic carbocycles. The summed E-state index contributed by atoms with van der Waals surface area (Å²) in [5, 5.41) is 8.99. The SMILES string of the molecule is CN(CCOCC(F)(F)F)C(C)(C)CO. The average Bonchev–Trinajstić information content (AvgIpc) is 2.10. The van der Waals surface area contributed by atoms with Gasteiger partial charge in [-0.2, -0.15) is 13.2 Å². The highest BCUT2D eigenvalue weighted by atomic mass is 19.4. The topological polar surface area (TPSA) is 32.7 Å². The Morgan fingerprint density at radius 2 is 1.80 bits per heavy atom. The second-order valence-electron chi connectivity index (χ2n) is 4.06. The van der Waals surface area contributed by atoms with E-state index >= 15 is 0 Å². The van der Waals surface area contributed by atoms with E-state index in [9.17, 15) is 13.2 Å². The lowest BCUT2D eigenvalue weighted by Crippen LogP contribution is -2.45. The standard InChI is InChI=1S/C9H18F3NO2/c1-8(2,6-14)13(3)4-5-15-7-9(10,11)12/h14H,4-7H2,1-3H3. The minimum absolute atomic E-state index is 0.000556. The van der Waals surface area contributed by atoms with Gasteiger partial charge in [0.05, 0.1) is 13.2 Å². The molecule has 0 aromatic heterocycles. The lowest BCUT2D eigenvalue weighted by Gasteiger charge is -2.33. The molecule has 0 aromatic rings. The largest absolute Gasteiger partial charge is 0.411 e. The molecule has 3 nitrogen and oxygen atoms in total. The van der Waals surface area contributed by atoms with Crippen LogP contribution >= 0.6 is 0 Å². The third kappa shape index (κ3) is 6.70. The van der Waals surface area contributed by atoms with Crippen LogP contribution in [0.1, 0.15) is 13.8 Å². The van der Waals surface area contributed by atoms with Crippen LogP contribution in [0.2, 0.25) is 0 Å². The predicted molar refractivity (Wildman–Crippen MR) is 50.7 cm³/mol. The van der Waals surface area contributed by atoms with Gasteiger partial charge < -0.3 is 9.84 Å². The average molecular weight is 229 g/mol. The molecular formula is C9H18F3NO2. The zero-order chi connectivity index (χ0) is 12.1. The summed E-state index contributed by atoms with van der Waals surface area (Å²) in [5.74, 6) is 0. The maximum Gasteiger partial charge on any atom is 0.411 e. The first kappa shape index (κ1) is 14.7. The van der Waals surface area contributed by atoms with Crippen LogP contribution in [0, 0.1) is 0 Å². The number of hydrogen-bond donors (Lipinski definition) is 1. The molecule has 0 aliphatic carbocycles. The van der Waals surface area contributed by atoms with Crippen LogP contribution in [0.4, 0.5) is 13.2 Å². The summed E-state index contributed by atoms with van der Waals surface area (Å²) in [6, 6.07) is 0. The lowest BCUT2D eigenvalue weighted by atomic mass is 10.1. The molecule has 0 aliphatic heterocycles. The Kier molecular flexibility index (Phi) is 5.55. The molecule has 1 N–H and O–H groups in total. The fourth-order valence-corrected chi connectivity index (χ4v) is 0.813. The Morgan fingerprint density at radius 3 is 2.20 bits per heavy atom. The van der Waals surface area contributed by atoms with E-state index in [-0.39, 0.29) is 13.2 Å². The van der Waals surface area contributed by atoms with Crippen molar-refractivity contribution in [2.75, 3.05) is 33.4 Å². The highest BCUT2D eigenvalue weighted by molar-refractivity contribution is 4.77. The van der Waals surface area contributed by atoms with Crippen molar-refractivity contribution in [1.29, 1.82) is 0 Å². The summed E-state index contributed by atoms with van der Waals surface area (Å²) in [4.78, 5) is 1.75. The number of alkyl halides is 3. The predicted octanol–water partition coefficient (Wildman–Crippen LogP) is 1.27. The fraction of sp³-hybridized carbons (Fsp3) is 1.00. The van der Waals surface area contributed by atoms with Gasteiger partial charge in [-0.3, -0.25) is 4.90 Å². The van der Waals surface area contributed by atoms with Crippen LogP contribution < -0.4 is 0 Å². The summed E-state index contributed by atoms with van der Waals surface area (Å²) in [6.07, 6.45) is -4.27. The van der Waals surface area contributed by atoms with Crippen LogP contribution in [0.15, 0.2) is 0 Å². The first-order valence-electron chi connectivity index (χ1n) is 4.65. The molecular weight excluding hydrogens is 211 g/mol. The summed E-state index contributed by atoms with van der Waals surface area (Å²) in [5.41, 5.74) is -0.443. The van der Waals surface area contributed by atoms with E-state index in [1.807, 2.05) is 0 Å². The van der Waals surface area contributed by atoms with Crippen molar-refractivity contribution in [1.82, 2.24) is 4.90 Å². The number of likely N-dealkylation sites (N-methyl/N-ethyl adjacent to an activating group) is 1. The zero-order valence-corrected chi connectivity index (χ0v) is 9.26. The minimum atomic E-state index is -4.27. The maximum atomic E-state index is 11.7. The van der Waals surface area contributed by atoms with Gasteiger partial charge in [-0.25, -0.2) is 0 Å². The number of rotatable bonds is 6. The van der Waals surface area contributed by atoms with Crippen molar-refractivity contribution < 1.29 is 23.0 Å². The smallest absolute Gasteiger partial charge is 0.394 e. The molecule has 0 fully saturated rings. The lowest BCUT2D eigenvalue weighted by molar-refractivity contribution is -0.175. The molecule has 0 amide bonds. The van der Waals surface area contributed by atoms with Gasteiger partial charge >= 0.3 is 6.18 Å². The monoisotopic (exact) mass is 229 g/mol. The summed E-state index contributed by atoms with van der Waals surface area (Å²) < 4.78 is 39.6. The first-order valence-corrected chi connectivity index (χ1v) is 4.65. The molecule has 15 heavy (non-hydrogen) atoms. The van der Waals surface area contributed by atoms with Crippen LogP contribution in [-0.4, -0.2) is 55.1 Å². The minimum Gasteiger partial charge on any atom is -0.394 e. The van der Waals surface area contributed by atoms with E-state index in [1.54, 1.807) is 25.8 Å². The first-order chi connectivity index (χ1) is 6.69. The molecule has 0 aliphatic rings. The molecule has 92 valence electrons. The van der Waals surface area contributed by atoms with Crippen LogP contribution in [0.25, 0.3) is 0 Å². The number of hydrogen-bond acceptors (Lipinski definition) is 3. The van der Waals surface area contributed by atoms with Crippen LogP contribution in [-0.2, 0) is 4.74 Å². The molecule has 0 saturated heterocycles. The zero-order valence-electron chi connectivity index (χ0n) is 9.26. The molecule has 0 rings (SSSR count). The highest BCUT2D eigenvalue weighted by Gasteiger charge is 2.28. The third-order valence-corrected chi connectivity index (χ3v) is 2.26. The van der Waals surface area contributed by atoms with Gasteiger partial charge in [-0.1, -0.05) is 0 Å². The Labute approximate surface area is 87.8 Å². The summed E-state index contributed by atoms with van der Waals surface area (Å²) in [6.45, 7) is 2.68. The van der Waals surface area contributed by atoms with Gasteiger partial charge in [-0.05, 0) is 20.9 Å². The molecule has 6 heteroatoms. The van der Waals surface area contributed by atoms with E-state index in [0.29, 0.717) is 6.54 Å². The van der Waals surface area contributed by atoms with Crippen molar-refractivity contribution in [3.8, 4) is 0 Å².